The molecule has 0 radical (unpaired) electrons. The summed E-state index contributed by atoms with van der Waals surface area (Å²) in [5, 5.41) is 36.5. The number of carbonyl (C=O) groups excluding carboxylic acids is 7. The van der Waals surface area contributed by atoms with E-state index in [9.17, 15) is 52.7 Å². The van der Waals surface area contributed by atoms with Crippen molar-refractivity contribution in [3.05, 3.63) is 56.9 Å². The Kier molecular flexibility index (Phi) is 29.1. The lowest BCUT2D eigenvalue weighted by Gasteiger charge is -2.39. The number of ether oxygens (including phenoxy) is 7. The SMILES string of the molecule is CCc1c2c(nc3ccc(OC(=O)N4CCC(N5CCCCC5)CC4)cc13)-c1cc3c(c(=O)n1C2)COC(=O)[C@@]3(CC)OC(=O)CNC(=O)CCOCC(COCCC(=O)NCC(=O)O)(COCCC(=O)NCC(=O)O)COCCC(=O)NCC(=O)O.O.O.O. The monoisotopic (exact) mass is 1270 g/mol. The molecule has 4 aliphatic heterocycles. The molecule has 0 unspecified atom stereocenters. The molecule has 1 aromatic carbocycles. The number of hydrogen-bond donors (Lipinski definition) is 7. The predicted molar refractivity (Wildman–Crippen MR) is 314 cm³/mol. The Bertz CT molecular complexity index is 3010. The summed E-state index contributed by atoms with van der Waals surface area (Å²) in [6, 6.07) is 7.32. The normalized spacial score (nSPS) is 16.1. The lowest BCUT2D eigenvalue weighted by atomic mass is 9.85. The van der Waals surface area contributed by atoms with Crippen LogP contribution in [0.1, 0.15) is 100 Å². The maximum Gasteiger partial charge on any atom is 0.415 e. The fourth-order valence-corrected chi connectivity index (χ4v) is 11.0. The summed E-state index contributed by atoms with van der Waals surface area (Å²) in [5.41, 5.74) is -0.549. The van der Waals surface area contributed by atoms with E-state index in [4.69, 9.17) is 53.5 Å². The number of nitrogens with one attached hydrogen (secondary N) is 4. The fraction of sp³-hybridized carbons (Fsp3) is 0.586. The molecule has 0 aliphatic carbocycles. The molecule has 2 fully saturated rings. The molecule has 0 bridgehead atoms. The first-order chi connectivity index (χ1) is 41.7. The number of carbonyl (C=O) groups is 10. The molecule has 2 aromatic heterocycles. The van der Waals surface area contributed by atoms with E-state index in [1.54, 1.807) is 36.1 Å². The molecule has 1 atom stereocenters. The van der Waals surface area contributed by atoms with Crippen molar-refractivity contribution in [2.75, 3.05) is 105 Å². The number of benzene rings is 1. The number of aryl methyl sites for hydroxylation is 1. The second-order valence-electron chi connectivity index (χ2n) is 21.7. The highest BCUT2D eigenvalue weighted by Crippen LogP contribution is 2.42. The van der Waals surface area contributed by atoms with E-state index < -0.39 is 109 Å². The third-order valence-corrected chi connectivity index (χ3v) is 15.5. The molecule has 90 heavy (non-hydrogen) atoms. The van der Waals surface area contributed by atoms with E-state index in [2.05, 4.69) is 26.2 Å². The lowest BCUT2D eigenvalue weighted by molar-refractivity contribution is -0.189. The Morgan fingerprint density at radius 3 is 1.64 bits per heavy atom. The van der Waals surface area contributed by atoms with Crippen LogP contribution in [0, 0.1) is 5.41 Å². The number of pyridine rings is 2. The number of aliphatic carboxylic acids is 3. The van der Waals surface area contributed by atoms with Gasteiger partial charge in [0.05, 0.1) is 87.3 Å². The Labute approximate surface area is 516 Å². The average molecular weight is 1280 g/mol. The zero-order valence-electron chi connectivity index (χ0n) is 50.4. The van der Waals surface area contributed by atoms with Gasteiger partial charge in [0.25, 0.3) is 5.56 Å². The summed E-state index contributed by atoms with van der Waals surface area (Å²) in [6.07, 6.45) is 4.29. The number of cyclic esters (lactones) is 1. The summed E-state index contributed by atoms with van der Waals surface area (Å²) in [7, 11) is 0. The van der Waals surface area contributed by atoms with Gasteiger partial charge in [-0.1, -0.05) is 20.3 Å². The molecule has 3 aromatic rings. The van der Waals surface area contributed by atoms with Crippen molar-refractivity contribution in [2.24, 2.45) is 5.41 Å². The molecule has 2 saturated heterocycles. The number of nitrogens with zero attached hydrogens (tertiary/aromatic N) is 4. The first kappa shape index (κ1) is 74.2. The molecule has 0 spiro atoms. The van der Waals surface area contributed by atoms with E-state index in [-0.39, 0.29) is 119 Å². The van der Waals surface area contributed by atoms with Gasteiger partial charge in [0.2, 0.25) is 29.2 Å². The smallest absolute Gasteiger partial charge is 0.415 e. The van der Waals surface area contributed by atoms with Crippen LogP contribution in [-0.2, 0) is 96.7 Å². The van der Waals surface area contributed by atoms with Gasteiger partial charge >= 0.3 is 35.9 Å². The van der Waals surface area contributed by atoms with Gasteiger partial charge in [-0.15, -0.1) is 0 Å². The van der Waals surface area contributed by atoms with Crippen molar-refractivity contribution < 1.29 is 113 Å². The fourth-order valence-electron chi connectivity index (χ4n) is 11.0. The van der Waals surface area contributed by atoms with Crippen molar-refractivity contribution in [2.45, 2.75) is 109 Å². The number of esters is 2. The van der Waals surface area contributed by atoms with E-state index in [0.717, 1.165) is 42.4 Å². The number of fused-ring (bicyclic) bond motifs is 5. The first-order valence-corrected chi connectivity index (χ1v) is 29.1. The molecule has 13 N–H and O–H groups in total. The third kappa shape index (κ3) is 19.9. The summed E-state index contributed by atoms with van der Waals surface area (Å²) in [6.45, 7) is 2.03. The van der Waals surface area contributed by atoms with Gasteiger partial charge < -0.3 is 101 Å². The van der Waals surface area contributed by atoms with Crippen LogP contribution in [0.4, 0.5) is 4.79 Å². The average Bonchev–Trinajstić information content (AvgIpc) is 1.51. The van der Waals surface area contributed by atoms with Crippen molar-refractivity contribution in [1.82, 2.24) is 40.6 Å². The van der Waals surface area contributed by atoms with Gasteiger partial charge in [-0.05, 0) is 81.4 Å². The highest BCUT2D eigenvalue weighted by atomic mass is 16.6. The molecule has 498 valence electrons. The van der Waals surface area contributed by atoms with Gasteiger partial charge in [0.1, 0.15) is 38.5 Å². The van der Waals surface area contributed by atoms with Crippen molar-refractivity contribution in [3.63, 3.8) is 0 Å². The van der Waals surface area contributed by atoms with Crippen LogP contribution >= 0.6 is 0 Å². The number of aromatic nitrogens is 2. The van der Waals surface area contributed by atoms with E-state index in [1.165, 1.54) is 23.8 Å². The summed E-state index contributed by atoms with van der Waals surface area (Å²) in [4.78, 5) is 147. The number of rotatable bonds is 33. The first-order valence-electron chi connectivity index (χ1n) is 29.1. The number of carboxylic acid groups (broad SMARTS) is 3. The minimum atomic E-state index is -2.09. The van der Waals surface area contributed by atoms with Crippen LogP contribution in [0.15, 0.2) is 29.1 Å². The maximum absolute atomic E-state index is 14.4. The Morgan fingerprint density at radius 1 is 0.667 bits per heavy atom. The predicted octanol–water partition coefficient (Wildman–Crippen LogP) is -1.50. The van der Waals surface area contributed by atoms with Crippen molar-refractivity contribution >= 4 is 70.5 Å². The molecular formula is C58H82N8O24. The van der Waals surface area contributed by atoms with Gasteiger partial charge in [0.15, 0.2) is 0 Å². The largest absolute Gasteiger partial charge is 0.480 e. The van der Waals surface area contributed by atoms with Gasteiger partial charge in [-0.2, -0.15) is 0 Å². The lowest BCUT2D eigenvalue weighted by Crippen LogP contribution is -2.48. The minimum absolute atomic E-state index is 0. The molecule has 6 heterocycles. The van der Waals surface area contributed by atoms with E-state index in [0.29, 0.717) is 48.2 Å². The van der Waals surface area contributed by atoms with Crippen LogP contribution < -0.4 is 31.6 Å². The molecule has 4 aliphatic rings. The van der Waals surface area contributed by atoms with Gasteiger partial charge in [-0.3, -0.25) is 43.2 Å². The number of hydrogen-bond acceptors (Lipinski definition) is 20. The van der Waals surface area contributed by atoms with Crippen LogP contribution in [0.3, 0.4) is 0 Å². The molecule has 0 saturated carbocycles. The quantitative estimate of drug-likeness (QED) is 0.0211. The minimum Gasteiger partial charge on any atom is -0.480 e. The number of piperidine rings is 2. The standard InChI is InChI=1S/C58H76N8O21.3H2O/c1-3-38-39-24-37(86-56(80)65-18-10-36(11-19-65)64-16-6-5-7-17-64)8-9-43(39)63-53-40(38)30-66-44(53)25-42-41(54(66)78)31-85-55(79)58(42,4-2)87-52(77)29-62-48(70)15-23-84-35-57(32-81-20-12-45(67)59-26-49(71)72,33-82-21-13-46(68)60-27-50(73)74)34-83-22-14-47(69)61-28-51(75)76;;;/h8-9,24-25,36H,3-7,10-23,26-35H2,1-2H3,(H,59,67)(H,60,68)(H,61,69)(H,62,70)(H,71,72)(H,73,74)(H,75,76);3*1H2/t58-;;;/m0.../s1. The number of likely N-dealkylation sites (tertiary alicyclic amines) is 2. The molecule has 32 heteroatoms. The molecular weight excluding hydrogens is 1190 g/mol. The molecule has 5 amide bonds. The zero-order valence-corrected chi connectivity index (χ0v) is 50.4. The Morgan fingerprint density at radius 2 is 1.17 bits per heavy atom. The van der Waals surface area contributed by atoms with Gasteiger partial charge in [-0.25, -0.2) is 14.6 Å². The van der Waals surface area contributed by atoms with Crippen molar-refractivity contribution in [3.8, 4) is 17.1 Å². The van der Waals surface area contributed by atoms with Crippen molar-refractivity contribution in [1.29, 1.82) is 0 Å². The summed E-state index contributed by atoms with van der Waals surface area (Å²) in [5.74, 6) is -8.00. The van der Waals surface area contributed by atoms with E-state index >= 15 is 0 Å². The highest BCUT2D eigenvalue weighted by molar-refractivity contribution is 5.92. The van der Waals surface area contributed by atoms with Crippen LogP contribution in [0.5, 0.6) is 5.75 Å². The van der Waals surface area contributed by atoms with Gasteiger partial charge in [0, 0.05) is 61.3 Å². The molecule has 7 rings (SSSR count). The number of carboxylic acids is 3. The second kappa shape index (κ2) is 35.2. The topological polar surface area (TPSA) is 480 Å². The summed E-state index contributed by atoms with van der Waals surface area (Å²) >= 11 is 0. The summed E-state index contributed by atoms with van der Waals surface area (Å²) < 4.78 is 42.2. The van der Waals surface area contributed by atoms with Crippen LogP contribution in [0.25, 0.3) is 22.3 Å². The number of amides is 5. The van der Waals surface area contributed by atoms with Crippen LogP contribution in [-0.4, -0.2) is 222 Å². The highest BCUT2D eigenvalue weighted by Gasteiger charge is 2.50. The Hall–Kier alpha value is -8.24. The Balaban J connectivity index is 0.00000577. The van der Waals surface area contributed by atoms with Crippen LogP contribution in [0.2, 0.25) is 0 Å². The van der Waals surface area contributed by atoms with E-state index in [1.807, 2.05) is 6.92 Å². The third-order valence-electron chi connectivity index (χ3n) is 15.5. The second-order valence-corrected chi connectivity index (χ2v) is 21.7. The maximum atomic E-state index is 14.4. The molecule has 32 nitrogen and oxygen atoms in total. The zero-order chi connectivity index (χ0) is 62.7.